The van der Waals surface area contributed by atoms with Gasteiger partial charge in [-0.15, -0.1) is 0 Å². The molecule has 3 nitrogen and oxygen atoms in total. The number of rotatable bonds is 2. The van der Waals surface area contributed by atoms with Gasteiger partial charge >= 0.3 is 0 Å². The van der Waals surface area contributed by atoms with Crippen LogP contribution < -0.4 is 4.74 Å². The monoisotopic (exact) mass is 237 g/mol. The predicted molar refractivity (Wildman–Crippen MR) is 68.2 cm³/mol. The number of carbonyl (C=O) groups is 1. The van der Waals surface area contributed by atoms with Gasteiger partial charge in [0.05, 0.1) is 0 Å². The van der Waals surface area contributed by atoms with Gasteiger partial charge < -0.3 is 9.64 Å². The molecule has 0 saturated heterocycles. The minimum Gasteiger partial charge on any atom is -0.432 e. The predicted octanol–water partition coefficient (Wildman–Crippen LogP) is 2.34. The molecule has 0 N–H and O–H groups in total. The molecule has 0 unspecified atom stereocenters. The molecule has 0 atom stereocenters. The molecular weight excluding hydrogens is 222 g/mol. The highest BCUT2D eigenvalue weighted by molar-refractivity contribution is 7.80. The topological polar surface area (TPSA) is 29.5 Å². The standard InChI is InChI=1S/C12H15NO2S/c1-8-6-11(15-12(16)13(3)4)9(2)5-10(8)7-14/h5-7H,1-4H3. The molecule has 1 aromatic rings. The van der Waals surface area contributed by atoms with E-state index in [0.717, 1.165) is 17.4 Å². The molecule has 1 rings (SSSR count). The Hall–Kier alpha value is -1.42. The zero-order valence-corrected chi connectivity index (χ0v) is 10.7. The molecule has 0 amide bonds. The number of thiocarbonyl (C=S) groups is 1. The molecule has 4 heteroatoms. The third-order valence-electron chi connectivity index (χ3n) is 2.25. The fourth-order valence-corrected chi connectivity index (χ4v) is 1.32. The SMILES string of the molecule is Cc1cc(OC(=S)N(C)C)c(C)cc1C=O. The average Bonchev–Trinajstić information content (AvgIpc) is 2.22. The lowest BCUT2D eigenvalue weighted by Crippen LogP contribution is -2.25. The molecule has 0 spiro atoms. The average molecular weight is 237 g/mol. The lowest BCUT2D eigenvalue weighted by Gasteiger charge is -2.16. The number of hydrogen-bond acceptors (Lipinski definition) is 3. The van der Waals surface area contributed by atoms with Crippen molar-refractivity contribution in [2.24, 2.45) is 0 Å². The summed E-state index contributed by atoms with van der Waals surface area (Å²) in [7, 11) is 3.65. The van der Waals surface area contributed by atoms with Crippen molar-refractivity contribution < 1.29 is 9.53 Å². The van der Waals surface area contributed by atoms with E-state index in [9.17, 15) is 4.79 Å². The second kappa shape index (κ2) is 5.07. The van der Waals surface area contributed by atoms with Gasteiger partial charge in [0.2, 0.25) is 0 Å². The quantitative estimate of drug-likeness (QED) is 0.583. The van der Waals surface area contributed by atoms with Gasteiger partial charge in [0.25, 0.3) is 5.17 Å². The summed E-state index contributed by atoms with van der Waals surface area (Å²) in [5.74, 6) is 0.696. The van der Waals surface area contributed by atoms with Crippen molar-refractivity contribution in [1.29, 1.82) is 0 Å². The van der Waals surface area contributed by atoms with Crippen LogP contribution >= 0.6 is 12.2 Å². The molecule has 16 heavy (non-hydrogen) atoms. The summed E-state index contributed by atoms with van der Waals surface area (Å²) < 4.78 is 5.53. The summed E-state index contributed by atoms with van der Waals surface area (Å²) in [5, 5.41) is 0.404. The van der Waals surface area contributed by atoms with Gasteiger partial charge in [-0.2, -0.15) is 0 Å². The van der Waals surface area contributed by atoms with Gasteiger partial charge in [0.1, 0.15) is 12.0 Å². The van der Waals surface area contributed by atoms with Gasteiger partial charge in [-0.05, 0) is 49.3 Å². The van der Waals surface area contributed by atoms with Crippen LogP contribution in [0.25, 0.3) is 0 Å². The summed E-state index contributed by atoms with van der Waals surface area (Å²) in [6.45, 7) is 3.76. The van der Waals surface area contributed by atoms with E-state index >= 15 is 0 Å². The van der Waals surface area contributed by atoms with E-state index in [4.69, 9.17) is 17.0 Å². The molecule has 0 bridgehead atoms. The number of nitrogens with zero attached hydrogens (tertiary/aromatic N) is 1. The molecule has 0 aliphatic heterocycles. The van der Waals surface area contributed by atoms with Crippen molar-refractivity contribution in [3.63, 3.8) is 0 Å². The highest BCUT2D eigenvalue weighted by atomic mass is 32.1. The molecular formula is C12H15NO2S. The molecule has 0 fully saturated rings. The van der Waals surface area contributed by atoms with E-state index < -0.39 is 0 Å². The van der Waals surface area contributed by atoms with Crippen LogP contribution in [-0.4, -0.2) is 30.5 Å². The van der Waals surface area contributed by atoms with Crippen molar-refractivity contribution in [2.45, 2.75) is 13.8 Å². The van der Waals surface area contributed by atoms with Crippen LogP contribution in [-0.2, 0) is 0 Å². The summed E-state index contributed by atoms with van der Waals surface area (Å²) in [6.07, 6.45) is 0.844. The van der Waals surface area contributed by atoms with Crippen LogP contribution in [0, 0.1) is 13.8 Å². The second-order valence-corrected chi connectivity index (χ2v) is 4.20. The summed E-state index contributed by atoms with van der Waals surface area (Å²) in [5.41, 5.74) is 2.47. The van der Waals surface area contributed by atoms with Crippen LogP contribution in [0.5, 0.6) is 5.75 Å². The van der Waals surface area contributed by atoms with Crippen LogP contribution in [0.3, 0.4) is 0 Å². The zero-order valence-electron chi connectivity index (χ0n) is 9.90. The van der Waals surface area contributed by atoms with Gasteiger partial charge in [-0.25, -0.2) is 0 Å². The van der Waals surface area contributed by atoms with Crippen molar-refractivity contribution in [1.82, 2.24) is 4.90 Å². The second-order valence-electron chi connectivity index (χ2n) is 3.85. The molecule has 0 aliphatic rings. The molecule has 0 aromatic heterocycles. The Kier molecular flexibility index (Phi) is 4.01. The fraction of sp³-hybridized carbons (Fsp3) is 0.333. The van der Waals surface area contributed by atoms with Crippen molar-refractivity contribution >= 4 is 23.7 Å². The van der Waals surface area contributed by atoms with Gasteiger partial charge in [-0.1, -0.05) is 0 Å². The van der Waals surface area contributed by atoms with E-state index in [1.54, 1.807) is 11.0 Å². The minimum atomic E-state index is 0.404. The Balaban J connectivity index is 3.02. The maximum absolute atomic E-state index is 10.7. The molecule has 0 aliphatic carbocycles. The fourth-order valence-electron chi connectivity index (χ4n) is 1.23. The third-order valence-corrected chi connectivity index (χ3v) is 2.70. The Morgan fingerprint density at radius 2 is 1.94 bits per heavy atom. The van der Waals surface area contributed by atoms with Gasteiger partial charge in [0, 0.05) is 19.7 Å². The Morgan fingerprint density at radius 1 is 1.31 bits per heavy atom. The third kappa shape index (κ3) is 2.79. The van der Waals surface area contributed by atoms with Gasteiger partial charge in [-0.3, -0.25) is 4.79 Å². The largest absolute Gasteiger partial charge is 0.432 e. The number of carbonyl (C=O) groups excluding carboxylic acids is 1. The van der Waals surface area contributed by atoms with Crippen LogP contribution in [0.15, 0.2) is 12.1 Å². The van der Waals surface area contributed by atoms with Crippen molar-refractivity contribution in [3.05, 3.63) is 28.8 Å². The highest BCUT2D eigenvalue weighted by Crippen LogP contribution is 2.22. The molecule has 1 aromatic carbocycles. The Labute approximate surface area is 101 Å². The Morgan fingerprint density at radius 3 is 2.44 bits per heavy atom. The summed E-state index contributed by atoms with van der Waals surface area (Å²) >= 11 is 5.06. The molecule has 86 valence electrons. The van der Waals surface area contributed by atoms with Crippen LogP contribution in [0.2, 0.25) is 0 Å². The number of benzene rings is 1. The lowest BCUT2D eigenvalue weighted by atomic mass is 10.1. The Bertz CT molecular complexity index is 427. The number of aryl methyl sites for hydroxylation is 2. The highest BCUT2D eigenvalue weighted by Gasteiger charge is 2.08. The lowest BCUT2D eigenvalue weighted by molar-refractivity contribution is 0.112. The number of ether oxygens (including phenoxy) is 1. The van der Waals surface area contributed by atoms with Crippen molar-refractivity contribution in [3.8, 4) is 5.75 Å². The smallest absolute Gasteiger partial charge is 0.264 e. The summed E-state index contributed by atoms with van der Waals surface area (Å²) in [4.78, 5) is 12.5. The maximum atomic E-state index is 10.7. The van der Waals surface area contributed by atoms with E-state index in [2.05, 4.69) is 0 Å². The van der Waals surface area contributed by atoms with Gasteiger partial charge in [0.15, 0.2) is 0 Å². The minimum absolute atomic E-state index is 0.404. The summed E-state index contributed by atoms with van der Waals surface area (Å²) in [6, 6.07) is 3.63. The zero-order chi connectivity index (χ0) is 12.3. The molecule has 0 saturated carbocycles. The maximum Gasteiger partial charge on any atom is 0.264 e. The first-order valence-corrected chi connectivity index (χ1v) is 5.32. The van der Waals surface area contributed by atoms with Crippen LogP contribution in [0.1, 0.15) is 21.5 Å². The number of aldehydes is 1. The van der Waals surface area contributed by atoms with E-state index in [1.807, 2.05) is 34.0 Å². The molecule has 0 radical (unpaired) electrons. The first kappa shape index (κ1) is 12.6. The van der Waals surface area contributed by atoms with Crippen LogP contribution in [0.4, 0.5) is 0 Å². The first-order chi connectivity index (χ1) is 7.45. The van der Waals surface area contributed by atoms with E-state index in [1.165, 1.54) is 0 Å². The van der Waals surface area contributed by atoms with Crippen molar-refractivity contribution in [2.75, 3.05) is 14.1 Å². The normalized spacial score (nSPS) is 9.75. The van der Waals surface area contributed by atoms with E-state index in [-0.39, 0.29) is 0 Å². The molecule has 0 heterocycles. The first-order valence-electron chi connectivity index (χ1n) is 4.91. The number of hydrogen-bond donors (Lipinski definition) is 0. The van der Waals surface area contributed by atoms with E-state index in [0.29, 0.717) is 16.5 Å².